The summed E-state index contributed by atoms with van der Waals surface area (Å²) in [6.45, 7) is 7.07. The van der Waals surface area contributed by atoms with Crippen LogP contribution in [0.3, 0.4) is 0 Å². The van der Waals surface area contributed by atoms with Crippen molar-refractivity contribution in [3.63, 3.8) is 0 Å². The van der Waals surface area contributed by atoms with Crippen molar-refractivity contribution in [1.29, 1.82) is 0 Å². The summed E-state index contributed by atoms with van der Waals surface area (Å²) < 4.78 is 5.37. The van der Waals surface area contributed by atoms with E-state index < -0.39 is 0 Å². The van der Waals surface area contributed by atoms with Crippen LogP contribution in [0.5, 0.6) is 0 Å². The summed E-state index contributed by atoms with van der Waals surface area (Å²) in [7, 11) is 1.68. The van der Waals surface area contributed by atoms with Gasteiger partial charge in [0.2, 0.25) is 5.91 Å². The SMILES string of the molecule is COCC1(C(=O)NCC2CCN(c3cc(Cl)ccc3C)C2)CCNCC1.Cl.Cl. The zero-order valence-electron chi connectivity index (χ0n) is 16.6. The van der Waals surface area contributed by atoms with Gasteiger partial charge in [0.05, 0.1) is 12.0 Å². The van der Waals surface area contributed by atoms with Gasteiger partial charge in [-0.05, 0) is 62.9 Å². The molecule has 3 rings (SSSR count). The van der Waals surface area contributed by atoms with E-state index in [2.05, 4.69) is 28.5 Å². The fourth-order valence-corrected chi connectivity index (χ4v) is 4.35. The molecule has 1 aromatic rings. The average molecular weight is 453 g/mol. The van der Waals surface area contributed by atoms with Crippen molar-refractivity contribution < 1.29 is 9.53 Å². The van der Waals surface area contributed by atoms with Gasteiger partial charge in [0, 0.05) is 37.5 Å². The van der Waals surface area contributed by atoms with E-state index in [1.54, 1.807) is 7.11 Å². The van der Waals surface area contributed by atoms with Crippen LogP contribution in [0.2, 0.25) is 5.02 Å². The van der Waals surface area contributed by atoms with E-state index in [-0.39, 0.29) is 36.1 Å². The lowest BCUT2D eigenvalue weighted by Crippen LogP contribution is -2.51. The van der Waals surface area contributed by atoms with Gasteiger partial charge in [0.15, 0.2) is 0 Å². The number of amides is 1. The van der Waals surface area contributed by atoms with Crippen LogP contribution in [-0.2, 0) is 9.53 Å². The molecule has 1 unspecified atom stereocenters. The summed E-state index contributed by atoms with van der Waals surface area (Å²) in [5.74, 6) is 0.622. The summed E-state index contributed by atoms with van der Waals surface area (Å²) >= 11 is 6.16. The molecule has 0 bridgehead atoms. The Morgan fingerprint density at radius 2 is 2.07 bits per heavy atom. The number of anilines is 1. The Morgan fingerprint density at radius 3 is 2.75 bits per heavy atom. The third-order valence-electron chi connectivity index (χ3n) is 5.81. The van der Waals surface area contributed by atoms with Crippen LogP contribution in [0.1, 0.15) is 24.8 Å². The number of benzene rings is 1. The maximum absolute atomic E-state index is 12.9. The molecule has 1 aromatic carbocycles. The van der Waals surface area contributed by atoms with Gasteiger partial charge in [0.25, 0.3) is 0 Å². The molecule has 0 radical (unpaired) electrons. The predicted molar refractivity (Wildman–Crippen MR) is 120 cm³/mol. The maximum atomic E-state index is 12.9. The first-order valence-electron chi connectivity index (χ1n) is 9.53. The van der Waals surface area contributed by atoms with E-state index in [4.69, 9.17) is 16.3 Å². The monoisotopic (exact) mass is 451 g/mol. The minimum Gasteiger partial charge on any atom is -0.384 e. The topological polar surface area (TPSA) is 53.6 Å². The Labute approximate surface area is 185 Å². The maximum Gasteiger partial charge on any atom is 0.228 e. The molecule has 1 atom stereocenters. The number of hydrogen-bond donors (Lipinski definition) is 2. The normalized spacial score (nSPS) is 20.8. The lowest BCUT2D eigenvalue weighted by Gasteiger charge is -2.35. The number of hydrogen-bond acceptors (Lipinski definition) is 4. The summed E-state index contributed by atoms with van der Waals surface area (Å²) in [4.78, 5) is 15.2. The van der Waals surface area contributed by atoms with Crippen LogP contribution >= 0.6 is 36.4 Å². The van der Waals surface area contributed by atoms with Crippen LogP contribution in [0.15, 0.2) is 18.2 Å². The standard InChI is InChI=1S/C20H30ClN3O2.2ClH/c1-15-3-4-17(21)11-18(15)24-10-5-16(13-24)12-23-19(25)20(14-26-2)6-8-22-9-7-20;;/h3-4,11,16,22H,5-10,12-14H2,1-2H3,(H,23,25);2*1H. The number of nitrogens with one attached hydrogen (secondary N) is 2. The van der Waals surface area contributed by atoms with Crippen LogP contribution in [0, 0.1) is 18.3 Å². The second-order valence-electron chi connectivity index (χ2n) is 7.70. The zero-order valence-corrected chi connectivity index (χ0v) is 19.0. The number of carbonyl (C=O) groups excluding carboxylic acids is 1. The van der Waals surface area contributed by atoms with Crippen LogP contribution < -0.4 is 15.5 Å². The number of rotatable bonds is 6. The number of methoxy groups -OCH3 is 1. The summed E-state index contributed by atoms with van der Waals surface area (Å²) in [6, 6.07) is 6.04. The molecule has 0 spiro atoms. The van der Waals surface area contributed by atoms with E-state index >= 15 is 0 Å². The molecule has 0 aromatic heterocycles. The Kier molecular flexibility index (Phi) is 10.4. The Morgan fingerprint density at radius 1 is 1.36 bits per heavy atom. The fraction of sp³-hybridized carbons (Fsp3) is 0.650. The van der Waals surface area contributed by atoms with Gasteiger partial charge < -0.3 is 20.3 Å². The lowest BCUT2D eigenvalue weighted by molar-refractivity contribution is -0.136. The molecule has 2 N–H and O–H groups in total. The molecule has 1 amide bonds. The van der Waals surface area contributed by atoms with Gasteiger partial charge in [0.1, 0.15) is 0 Å². The smallest absolute Gasteiger partial charge is 0.228 e. The van der Waals surface area contributed by atoms with Crippen molar-refractivity contribution in [2.24, 2.45) is 11.3 Å². The van der Waals surface area contributed by atoms with Gasteiger partial charge in [-0.2, -0.15) is 0 Å². The Balaban J connectivity index is 0.00000196. The van der Waals surface area contributed by atoms with E-state index in [1.165, 1.54) is 11.3 Å². The summed E-state index contributed by atoms with van der Waals surface area (Å²) in [5, 5.41) is 7.32. The highest BCUT2D eigenvalue weighted by atomic mass is 35.5. The van der Waals surface area contributed by atoms with Crippen molar-refractivity contribution in [2.75, 3.05) is 51.3 Å². The van der Waals surface area contributed by atoms with Crippen molar-refractivity contribution >= 4 is 48.0 Å². The second-order valence-corrected chi connectivity index (χ2v) is 8.14. The number of piperidine rings is 1. The molecule has 160 valence electrons. The average Bonchev–Trinajstić information content (AvgIpc) is 3.11. The van der Waals surface area contributed by atoms with E-state index in [0.29, 0.717) is 12.5 Å². The molecule has 2 aliphatic heterocycles. The largest absolute Gasteiger partial charge is 0.384 e. The highest BCUT2D eigenvalue weighted by molar-refractivity contribution is 6.30. The van der Waals surface area contributed by atoms with Gasteiger partial charge in [-0.25, -0.2) is 0 Å². The Hall–Kier alpha value is -0.720. The number of ether oxygens (including phenoxy) is 1. The highest BCUT2D eigenvalue weighted by Crippen LogP contribution is 2.31. The minimum absolute atomic E-state index is 0. The number of halogens is 3. The highest BCUT2D eigenvalue weighted by Gasteiger charge is 2.39. The third kappa shape index (κ3) is 5.90. The first kappa shape index (κ1) is 25.3. The van der Waals surface area contributed by atoms with Crippen molar-refractivity contribution in [1.82, 2.24) is 10.6 Å². The number of aryl methyl sites for hydroxylation is 1. The van der Waals surface area contributed by atoms with Crippen LogP contribution in [0.4, 0.5) is 5.69 Å². The molecule has 8 heteroatoms. The second kappa shape index (κ2) is 11.5. The lowest BCUT2D eigenvalue weighted by atomic mass is 9.78. The van der Waals surface area contributed by atoms with Crippen LogP contribution in [0.25, 0.3) is 0 Å². The van der Waals surface area contributed by atoms with Crippen LogP contribution in [-0.4, -0.2) is 52.3 Å². The predicted octanol–water partition coefficient (Wildman–Crippen LogP) is 3.45. The summed E-state index contributed by atoms with van der Waals surface area (Å²) in [5.41, 5.74) is 2.08. The number of carbonyl (C=O) groups is 1. The third-order valence-corrected chi connectivity index (χ3v) is 6.05. The molecular formula is C20H32Cl3N3O2. The van der Waals surface area contributed by atoms with Crippen molar-refractivity contribution in [2.45, 2.75) is 26.2 Å². The zero-order chi connectivity index (χ0) is 18.6. The van der Waals surface area contributed by atoms with Gasteiger partial charge >= 0.3 is 0 Å². The Bertz CT molecular complexity index is 634. The quantitative estimate of drug-likeness (QED) is 0.694. The minimum atomic E-state index is -0.373. The van der Waals surface area contributed by atoms with Gasteiger partial charge in [-0.1, -0.05) is 17.7 Å². The molecule has 0 aliphatic carbocycles. The van der Waals surface area contributed by atoms with Crippen molar-refractivity contribution in [3.8, 4) is 0 Å². The molecule has 5 nitrogen and oxygen atoms in total. The molecule has 2 heterocycles. The molecule has 28 heavy (non-hydrogen) atoms. The van der Waals surface area contributed by atoms with Gasteiger partial charge in [-0.3, -0.25) is 4.79 Å². The molecular weight excluding hydrogens is 421 g/mol. The molecule has 2 saturated heterocycles. The summed E-state index contributed by atoms with van der Waals surface area (Å²) in [6.07, 6.45) is 2.77. The number of nitrogens with zero attached hydrogens (tertiary/aromatic N) is 1. The molecule has 2 aliphatic rings. The van der Waals surface area contributed by atoms with E-state index in [0.717, 1.165) is 57.0 Å². The fourth-order valence-electron chi connectivity index (χ4n) is 4.18. The van der Waals surface area contributed by atoms with Gasteiger partial charge in [-0.15, -0.1) is 24.8 Å². The van der Waals surface area contributed by atoms with E-state index in [9.17, 15) is 4.79 Å². The first-order valence-corrected chi connectivity index (χ1v) is 9.91. The molecule has 0 saturated carbocycles. The first-order chi connectivity index (χ1) is 12.5. The van der Waals surface area contributed by atoms with E-state index in [1.807, 2.05) is 12.1 Å². The van der Waals surface area contributed by atoms with Crippen molar-refractivity contribution in [3.05, 3.63) is 28.8 Å². The molecule has 2 fully saturated rings.